The molecule has 0 fully saturated rings. The van der Waals surface area contributed by atoms with Crippen LogP contribution in [0.15, 0.2) is 53.5 Å². The maximum absolute atomic E-state index is 13.6. The monoisotopic (exact) mass is 315 g/mol. The predicted octanol–water partition coefficient (Wildman–Crippen LogP) is 2.84. The third kappa shape index (κ3) is 5.38. The Bertz CT molecular complexity index is 644. The van der Waals surface area contributed by atoms with Crippen molar-refractivity contribution in [3.05, 3.63) is 71.0 Å². The van der Waals surface area contributed by atoms with Gasteiger partial charge in [0, 0.05) is 32.8 Å². The normalized spacial score (nSPS) is 11.3. The van der Waals surface area contributed by atoms with E-state index in [2.05, 4.69) is 27.8 Å². The van der Waals surface area contributed by atoms with Gasteiger partial charge in [-0.3, -0.25) is 4.99 Å². The van der Waals surface area contributed by atoms with Gasteiger partial charge in [-0.25, -0.2) is 4.39 Å². The number of nitrogens with one attached hydrogen (secondary N) is 2. The Morgan fingerprint density at radius 2 is 1.74 bits per heavy atom. The first-order valence-electron chi connectivity index (χ1n) is 7.47. The van der Waals surface area contributed by atoms with Gasteiger partial charge in [-0.15, -0.1) is 0 Å². The van der Waals surface area contributed by atoms with Gasteiger partial charge in [-0.1, -0.05) is 36.4 Å². The molecule has 4 nitrogen and oxygen atoms in total. The summed E-state index contributed by atoms with van der Waals surface area (Å²) in [6, 6.07) is 15.1. The van der Waals surface area contributed by atoms with E-state index in [1.54, 1.807) is 26.3 Å². The van der Waals surface area contributed by atoms with E-state index in [0.29, 0.717) is 24.6 Å². The standard InChI is InChI=1S/C18H22FN3O/c1-20-18(21-11-14-6-4-3-5-7-14)22-12-15-8-9-17(19)16(10-15)13-23-2/h3-10H,11-13H2,1-2H3,(H2,20,21,22). The molecule has 0 saturated heterocycles. The minimum atomic E-state index is -0.248. The molecule has 0 spiro atoms. The van der Waals surface area contributed by atoms with Gasteiger partial charge in [0.05, 0.1) is 6.61 Å². The van der Waals surface area contributed by atoms with Crippen molar-refractivity contribution in [3.63, 3.8) is 0 Å². The molecule has 0 atom stereocenters. The summed E-state index contributed by atoms with van der Waals surface area (Å²) in [7, 11) is 3.28. The van der Waals surface area contributed by atoms with Crippen LogP contribution in [0, 0.1) is 5.82 Å². The molecule has 0 unspecified atom stereocenters. The number of methoxy groups -OCH3 is 1. The molecule has 2 N–H and O–H groups in total. The molecule has 122 valence electrons. The maximum Gasteiger partial charge on any atom is 0.191 e. The summed E-state index contributed by atoms with van der Waals surface area (Å²) in [5.74, 6) is 0.452. The number of hydrogen-bond donors (Lipinski definition) is 2. The highest BCUT2D eigenvalue weighted by Gasteiger charge is 2.04. The molecule has 0 aliphatic heterocycles. The smallest absolute Gasteiger partial charge is 0.191 e. The molecular weight excluding hydrogens is 293 g/mol. The molecule has 0 bridgehead atoms. The Balaban J connectivity index is 1.89. The van der Waals surface area contributed by atoms with Crippen molar-refractivity contribution in [2.45, 2.75) is 19.7 Å². The van der Waals surface area contributed by atoms with Crippen LogP contribution in [0.3, 0.4) is 0 Å². The van der Waals surface area contributed by atoms with Crippen molar-refractivity contribution in [1.82, 2.24) is 10.6 Å². The van der Waals surface area contributed by atoms with Crippen LogP contribution in [0.2, 0.25) is 0 Å². The van der Waals surface area contributed by atoms with Crippen LogP contribution in [-0.2, 0) is 24.4 Å². The van der Waals surface area contributed by atoms with Crippen LogP contribution >= 0.6 is 0 Å². The van der Waals surface area contributed by atoms with Crippen LogP contribution in [0.5, 0.6) is 0 Å². The zero-order valence-corrected chi connectivity index (χ0v) is 13.5. The first-order valence-corrected chi connectivity index (χ1v) is 7.47. The molecule has 2 aromatic carbocycles. The van der Waals surface area contributed by atoms with Crippen molar-refractivity contribution in [2.24, 2.45) is 4.99 Å². The highest BCUT2D eigenvalue weighted by atomic mass is 19.1. The number of benzene rings is 2. The summed E-state index contributed by atoms with van der Waals surface area (Å²) in [5.41, 5.74) is 2.71. The number of nitrogens with zero attached hydrogens (tertiary/aromatic N) is 1. The fraction of sp³-hybridized carbons (Fsp3) is 0.278. The van der Waals surface area contributed by atoms with E-state index in [4.69, 9.17) is 4.74 Å². The molecule has 0 aromatic heterocycles. The molecular formula is C18H22FN3O. The van der Waals surface area contributed by atoms with E-state index in [-0.39, 0.29) is 12.4 Å². The summed E-state index contributed by atoms with van der Waals surface area (Å²) >= 11 is 0. The van der Waals surface area contributed by atoms with Crippen LogP contribution in [0.25, 0.3) is 0 Å². The zero-order valence-electron chi connectivity index (χ0n) is 13.5. The number of aliphatic imine (C=N–C) groups is 1. The van der Waals surface area contributed by atoms with Gasteiger partial charge in [0.25, 0.3) is 0 Å². The molecule has 2 aromatic rings. The fourth-order valence-electron chi connectivity index (χ4n) is 2.19. The molecule has 0 saturated carbocycles. The van der Waals surface area contributed by atoms with E-state index in [1.165, 1.54) is 11.6 Å². The maximum atomic E-state index is 13.6. The van der Waals surface area contributed by atoms with Gasteiger partial charge in [-0.2, -0.15) is 0 Å². The lowest BCUT2D eigenvalue weighted by Crippen LogP contribution is -2.36. The van der Waals surface area contributed by atoms with Gasteiger partial charge in [0.2, 0.25) is 0 Å². The van der Waals surface area contributed by atoms with E-state index in [9.17, 15) is 4.39 Å². The first-order chi connectivity index (χ1) is 11.2. The lowest BCUT2D eigenvalue weighted by molar-refractivity contribution is 0.181. The molecule has 5 heteroatoms. The SMILES string of the molecule is CN=C(NCc1ccccc1)NCc1ccc(F)c(COC)c1. The summed E-state index contributed by atoms with van der Waals surface area (Å²) in [6.07, 6.45) is 0. The summed E-state index contributed by atoms with van der Waals surface area (Å²) < 4.78 is 18.6. The Kier molecular flexibility index (Phi) is 6.56. The minimum Gasteiger partial charge on any atom is -0.380 e. The van der Waals surface area contributed by atoms with Gasteiger partial charge in [0.1, 0.15) is 5.82 Å². The first kappa shape index (κ1) is 17.0. The van der Waals surface area contributed by atoms with Crippen LogP contribution in [-0.4, -0.2) is 20.1 Å². The summed E-state index contributed by atoms with van der Waals surface area (Å²) in [6.45, 7) is 1.52. The number of rotatable bonds is 6. The second-order valence-corrected chi connectivity index (χ2v) is 5.12. The minimum absolute atomic E-state index is 0.248. The van der Waals surface area contributed by atoms with Crippen LogP contribution in [0.1, 0.15) is 16.7 Å². The fourth-order valence-corrected chi connectivity index (χ4v) is 2.19. The van der Waals surface area contributed by atoms with Crippen LogP contribution in [0.4, 0.5) is 4.39 Å². The number of ether oxygens (including phenoxy) is 1. The second-order valence-electron chi connectivity index (χ2n) is 5.12. The molecule has 2 rings (SSSR count). The van der Waals surface area contributed by atoms with Crippen molar-refractivity contribution in [3.8, 4) is 0 Å². The van der Waals surface area contributed by atoms with Gasteiger partial charge in [0.15, 0.2) is 5.96 Å². The molecule has 23 heavy (non-hydrogen) atoms. The van der Waals surface area contributed by atoms with Gasteiger partial charge >= 0.3 is 0 Å². The molecule has 0 radical (unpaired) electrons. The van der Waals surface area contributed by atoms with E-state index in [0.717, 1.165) is 5.56 Å². The van der Waals surface area contributed by atoms with Crippen molar-refractivity contribution in [2.75, 3.05) is 14.2 Å². The van der Waals surface area contributed by atoms with Crippen molar-refractivity contribution in [1.29, 1.82) is 0 Å². The Hall–Kier alpha value is -2.40. The lowest BCUT2D eigenvalue weighted by Gasteiger charge is -2.13. The van der Waals surface area contributed by atoms with E-state index in [1.807, 2.05) is 18.2 Å². The Morgan fingerprint density at radius 3 is 2.39 bits per heavy atom. The lowest BCUT2D eigenvalue weighted by atomic mass is 10.1. The molecule has 0 aliphatic rings. The third-order valence-electron chi connectivity index (χ3n) is 3.40. The molecule has 0 aliphatic carbocycles. The Morgan fingerprint density at radius 1 is 1.04 bits per heavy atom. The average Bonchev–Trinajstić information content (AvgIpc) is 2.59. The van der Waals surface area contributed by atoms with Gasteiger partial charge in [-0.05, 0) is 23.3 Å². The molecule has 0 amide bonds. The average molecular weight is 315 g/mol. The number of hydrogen-bond acceptors (Lipinski definition) is 2. The topological polar surface area (TPSA) is 45.7 Å². The zero-order chi connectivity index (χ0) is 16.5. The summed E-state index contributed by atoms with van der Waals surface area (Å²) in [4.78, 5) is 4.19. The van der Waals surface area contributed by atoms with Crippen molar-refractivity contribution >= 4 is 5.96 Å². The van der Waals surface area contributed by atoms with Crippen LogP contribution < -0.4 is 10.6 Å². The largest absolute Gasteiger partial charge is 0.380 e. The van der Waals surface area contributed by atoms with Gasteiger partial charge < -0.3 is 15.4 Å². The van der Waals surface area contributed by atoms with E-state index >= 15 is 0 Å². The highest BCUT2D eigenvalue weighted by molar-refractivity contribution is 5.79. The number of guanidine groups is 1. The Labute approximate surface area is 136 Å². The number of halogens is 1. The predicted molar refractivity (Wildman–Crippen MR) is 90.6 cm³/mol. The molecule has 0 heterocycles. The quantitative estimate of drug-likeness (QED) is 0.636. The highest BCUT2D eigenvalue weighted by Crippen LogP contribution is 2.11. The van der Waals surface area contributed by atoms with Crippen molar-refractivity contribution < 1.29 is 9.13 Å². The third-order valence-corrected chi connectivity index (χ3v) is 3.40. The summed E-state index contributed by atoms with van der Waals surface area (Å²) in [5, 5.41) is 6.47. The van der Waals surface area contributed by atoms with E-state index < -0.39 is 0 Å². The second kappa shape index (κ2) is 8.90.